The Morgan fingerprint density at radius 1 is 0.323 bits per heavy atom. The summed E-state index contributed by atoms with van der Waals surface area (Å²) in [6, 6.07) is -13.8. The Kier molecular flexibility index (Phi) is 40.7. The predicted octanol–water partition coefficient (Wildman–Crippen LogP) is -6.92. The van der Waals surface area contributed by atoms with E-state index in [1.165, 1.54) is 13.8 Å². The molecule has 0 aliphatic carbocycles. The predicted molar refractivity (Wildman–Crippen MR) is 364 cm³/mol. The molecule has 0 radical (unpaired) electrons. The van der Waals surface area contributed by atoms with Crippen molar-refractivity contribution in [2.24, 2.45) is 107 Å². The minimum absolute atomic E-state index is 0.0387. The molecule has 0 saturated heterocycles. The fourth-order valence-corrected chi connectivity index (χ4v) is 9.11. The van der Waals surface area contributed by atoms with Crippen LogP contribution in [0.2, 0.25) is 0 Å². The quantitative estimate of drug-likeness (QED) is 0.0153. The van der Waals surface area contributed by atoms with E-state index in [2.05, 4.69) is 78.5 Å². The molecule has 0 aromatic carbocycles. The summed E-state index contributed by atoms with van der Waals surface area (Å²) >= 11 is 0. The first kappa shape index (κ1) is 86.7. The largest absolute Gasteiger partial charge is 0.370 e. The van der Waals surface area contributed by atoms with E-state index in [1.807, 2.05) is 0 Å². The number of nitrogens with one attached hydrogen (secondary N) is 11. The second-order valence-corrected chi connectivity index (χ2v) is 24.7. The SMILES string of the molecule is CC[C@H](C)[C@H](NC(=O)[C@H](CCCN=C(N)N)NC(=O)[C@H](C)NC(=O)CNC(=O)[C@@H](N)CCCN=C(N)N)C(=O)N[C@H](C(=O)N[C@H](C(=O)N[C@H](C(=O)N[C@@H](CCCN=C(N)N)C(=O)N[C@H](C(=O)N[C@@H](C)C(=O)N[C@@H](CCCN=C(N)N)C(N)=O)C(C)C)[C@@H](C)CC)C(C)C)C(C)C. The van der Waals surface area contributed by atoms with Gasteiger partial charge in [-0.2, -0.15) is 0 Å². The van der Waals surface area contributed by atoms with Gasteiger partial charge in [-0.1, -0.05) is 82.1 Å². The molecule has 0 aliphatic rings. The van der Waals surface area contributed by atoms with Crippen molar-refractivity contribution in [1.82, 2.24) is 58.5 Å². The normalized spacial score (nSPS) is 15.1. The zero-order valence-corrected chi connectivity index (χ0v) is 57.8. The van der Waals surface area contributed by atoms with Gasteiger partial charge >= 0.3 is 0 Å². The molecule has 0 aliphatic heterocycles. The van der Waals surface area contributed by atoms with Crippen LogP contribution in [0.15, 0.2) is 20.0 Å². The molecule has 0 aromatic heterocycles. The summed E-state index contributed by atoms with van der Waals surface area (Å²) in [5, 5.41) is 28.8. The van der Waals surface area contributed by atoms with E-state index in [4.69, 9.17) is 57.3 Å². The maximum absolute atomic E-state index is 14.5. The third-order valence-electron chi connectivity index (χ3n) is 15.3. The number of rotatable bonds is 46. The Morgan fingerprint density at radius 2 is 0.604 bits per heavy atom. The smallest absolute Gasteiger partial charge is 0.243 e. The van der Waals surface area contributed by atoms with Gasteiger partial charge in [0.25, 0.3) is 0 Å². The van der Waals surface area contributed by atoms with Gasteiger partial charge in [-0.3, -0.25) is 77.5 Å². The summed E-state index contributed by atoms with van der Waals surface area (Å²) in [4.78, 5) is 180. The molecule has 0 bridgehead atoms. The van der Waals surface area contributed by atoms with Crippen LogP contribution in [-0.4, -0.2) is 194 Å². The zero-order valence-electron chi connectivity index (χ0n) is 57.8. The maximum Gasteiger partial charge on any atom is 0.243 e. The van der Waals surface area contributed by atoms with Crippen molar-refractivity contribution in [3.05, 3.63) is 0 Å². The van der Waals surface area contributed by atoms with Gasteiger partial charge < -0.3 is 116 Å². The molecule has 0 fully saturated rings. The monoisotopic (exact) mass is 1360 g/mol. The van der Waals surface area contributed by atoms with E-state index in [0.29, 0.717) is 25.7 Å². The van der Waals surface area contributed by atoms with Gasteiger partial charge in [0.2, 0.25) is 70.9 Å². The number of nitrogens with two attached hydrogens (primary N) is 10. The molecule has 0 saturated carbocycles. The Labute approximate surface area is 562 Å². The van der Waals surface area contributed by atoms with Crippen molar-refractivity contribution in [3.63, 3.8) is 0 Å². The summed E-state index contributed by atoms with van der Waals surface area (Å²) in [6.45, 7) is 19.4. The maximum atomic E-state index is 14.5. The Bertz CT molecular complexity index is 2690. The summed E-state index contributed by atoms with van der Waals surface area (Å²) in [5.74, 6) is -13.1. The minimum atomic E-state index is -1.36. The lowest BCUT2D eigenvalue weighted by Gasteiger charge is -2.32. The highest BCUT2D eigenvalue weighted by atomic mass is 16.2. The molecule has 96 heavy (non-hydrogen) atoms. The van der Waals surface area contributed by atoms with Crippen molar-refractivity contribution < 1.29 is 57.5 Å². The Balaban J connectivity index is 6.68. The van der Waals surface area contributed by atoms with Crippen LogP contribution >= 0.6 is 0 Å². The van der Waals surface area contributed by atoms with Crippen molar-refractivity contribution in [3.8, 4) is 0 Å². The molecule has 0 spiro atoms. The topological polar surface area (TPSA) is 647 Å². The molecule has 37 nitrogen and oxygen atoms in total. The summed E-state index contributed by atoms with van der Waals surface area (Å²) < 4.78 is 0. The fourth-order valence-electron chi connectivity index (χ4n) is 9.11. The second kappa shape index (κ2) is 45.1. The van der Waals surface area contributed by atoms with Crippen molar-refractivity contribution in [2.45, 2.75) is 214 Å². The average molecular weight is 1360 g/mol. The first-order valence-electron chi connectivity index (χ1n) is 32.4. The second-order valence-electron chi connectivity index (χ2n) is 24.7. The molecule has 0 unspecified atom stereocenters. The van der Waals surface area contributed by atoms with E-state index >= 15 is 0 Å². The molecule has 31 N–H and O–H groups in total. The standard InChI is InChI=1S/C59H113N25O12/c1-13-31(9)43(54(95)79-38(22-18-26-73-59(68)69)49(90)80-40(28(3)4)51(92)76-34(12)47(88)77-36(45(61)86)20-16-24-71-57(64)65)84-53(94)42(30(7)8)81-52(93)41(29(5)6)82-55(96)44(32(10)14-2)83-50(91)37(21-17-25-72-58(66)67)78-46(87)33(11)75-39(85)27-74-48(89)35(60)19-15-23-70-56(62)63/h28-38,40-44H,13-27,60H2,1-12H3,(H2,61,86)(H,74,89)(H,75,85)(H,76,92)(H,77,88)(H,78,87)(H,79,95)(H,80,90)(H,81,93)(H,82,96)(H,83,91)(H,84,94)(H4,62,63,70)(H4,64,65,71)(H4,66,67,72)(H4,68,69,73)/t31-,32-,33-,34-,35-,36-,37-,38-,40-,41-,42-,43-,44-/m0/s1. The van der Waals surface area contributed by atoms with Crippen LogP contribution in [0, 0.1) is 29.6 Å². The molecule has 12 amide bonds. The van der Waals surface area contributed by atoms with Crippen LogP contribution in [0.25, 0.3) is 0 Å². The van der Waals surface area contributed by atoms with Gasteiger partial charge in [-0.25, -0.2) is 0 Å². The Morgan fingerprint density at radius 3 is 0.958 bits per heavy atom. The van der Waals surface area contributed by atoms with E-state index in [1.54, 1.807) is 69.2 Å². The first-order valence-corrected chi connectivity index (χ1v) is 32.4. The van der Waals surface area contributed by atoms with E-state index in [-0.39, 0.29) is 88.5 Å². The lowest BCUT2D eigenvalue weighted by Crippen LogP contribution is -2.63. The number of primary amides is 1. The summed E-state index contributed by atoms with van der Waals surface area (Å²) in [6.07, 6.45) is 1.86. The summed E-state index contributed by atoms with van der Waals surface area (Å²) in [7, 11) is 0. The summed E-state index contributed by atoms with van der Waals surface area (Å²) in [5.41, 5.74) is 54.9. The van der Waals surface area contributed by atoms with Crippen LogP contribution in [-0.2, 0) is 57.5 Å². The molecule has 0 rings (SSSR count). The van der Waals surface area contributed by atoms with Crippen molar-refractivity contribution in [2.75, 3.05) is 32.7 Å². The highest BCUT2D eigenvalue weighted by Gasteiger charge is 2.39. The number of amides is 12. The number of aliphatic imine (C=N–C) groups is 4. The van der Waals surface area contributed by atoms with Crippen LogP contribution < -0.4 is 116 Å². The Hall–Kier alpha value is -9.32. The minimum Gasteiger partial charge on any atom is -0.370 e. The fraction of sp³-hybridized carbons (Fsp3) is 0.729. The molecule has 0 heterocycles. The van der Waals surface area contributed by atoms with Crippen LogP contribution in [0.4, 0.5) is 0 Å². The van der Waals surface area contributed by atoms with E-state index < -0.39 is 173 Å². The van der Waals surface area contributed by atoms with Crippen molar-refractivity contribution in [1.29, 1.82) is 0 Å². The highest BCUT2D eigenvalue weighted by Crippen LogP contribution is 2.16. The highest BCUT2D eigenvalue weighted by molar-refractivity contribution is 5.99. The molecule has 13 atom stereocenters. The number of guanidine groups is 4. The lowest BCUT2D eigenvalue weighted by molar-refractivity contribution is -0.137. The first-order chi connectivity index (χ1) is 44.8. The number of carbonyl (C=O) groups excluding carboxylic acids is 12. The van der Waals surface area contributed by atoms with Gasteiger partial charge in [-0.05, 0) is 94.8 Å². The number of carbonyl (C=O) groups is 12. The number of nitrogens with zero attached hydrogens (tertiary/aromatic N) is 4. The molecule has 37 heteroatoms. The van der Waals surface area contributed by atoms with Gasteiger partial charge in [0.1, 0.15) is 60.4 Å². The lowest BCUT2D eigenvalue weighted by atomic mass is 9.94. The van der Waals surface area contributed by atoms with Crippen LogP contribution in [0.3, 0.4) is 0 Å². The van der Waals surface area contributed by atoms with Crippen molar-refractivity contribution >= 4 is 94.7 Å². The average Bonchev–Trinajstić information content (AvgIpc) is 1.05. The molecule has 0 aromatic rings. The van der Waals surface area contributed by atoms with Crippen LogP contribution in [0.1, 0.15) is 147 Å². The third-order valence-corrected chi connectivity index (χ3v) is 15.3. The third kappa shape index (κ3) is 34.2. The van der Waals surface area contributed by atoms with Crippen LogP contribution in [0.5, 0.6) is 0 Å². The van der Waals surface area contributed by atoms with Gasteiger partial charge in [0.15, 0.2) is 23.8 Å². The van der Waals surface area contributed by atoms with Gasteiger partial charge in [-0.15, -0.1) is 0 Å². The van der Waals surface area contributed by atoms with E-state index in [0.717, 1.165) is 0 Å². The molecular weight excluding hydrogens is 1250 g/mol. The zero-order chi connectivity index (χ0) is 73.7. The number of hydrogen-bond acceptors (Lipinski definition) is 17. The number of hydrogen-bond donors (Lipinski definition) is 21. The van der Waals surface area contributed by atoms with Gasteiger partial charge in [0.05, 0.1) is 12.6 Å². The molecule has 546 valence electrons. The molecular formula is C59H113N25O12. The van der Waals surface area contributed by atoms with Gasteiger partial charge in [0, 0.05) is 26.2 Å². The van der Waals surface area contributed by atoms with E-state index in [9.17, 15) is 57.5 Å².